The normalized spacial score (nSPS) is 22.0. The van der Waals surface area contributed by atoms with E-state index in [-0.39, 0.29) is 18.6 Å². The maximum atomic E-state index is 11.3. The van der Waals surface area contributed by atoms with E-state index in [2.05, 4.69) is 5.32 Å². The van der Waals surface area contributed by atoms with E-state index in [1.165, 1.54) is 0 Å². The summed E-state index contributed by atoms with van der Waals surface area (Å²) in [4.78, 5) is 13.3. The zero-order valence-electron chi connectivity index (χ0n) is 8.61. The van der Waals surface area contributed by atoms with Gasteiger partial charge in [-0.3, -0.25) is 9.69 Å². The van der Waals surface area contributed by atoms with E-state index in [4.69, 9.17) is 15.7 Å². The Balaban J connectivity index is 2.25. The number of amides is 1. The Labute approximate surface area is 89.0 Å². The minimum absolute atomic E-state index is 0.0162. The molecule has 0 aromatic heterocycles. The van der Waals surface area contributed by atoms with Crippen molar-refractivity contribution < 1.29 is 9.53 Å². The van der Waals surface area contributed by atoms with Crippen LogP contribution in [0.5, 0.6) is 0 Å². The fourth-order valence-corrected chi connectivity index (χ4v) is 1.46. The number of hydrogen-bond donors (Lipinski definition) is 2. The molecule has 0 aliphatic carbocycles. The summed E-state index contributed by atoms with van der Waals surface area (Å²) in [5.41, 5.74) is 5.48. The number of nitrogens with two attached hydrogens (primary N) is 1. The smallest absolute Gasteiger partial charge is 0.235 e. The predicted molar refractivity (Wildman–Crippen MR) is 53.9 cm³/mol. The van der Waals surface area contributed by atoms with Crippen LogP contribution in [0.1, 0.15) is 0 Å². The molecule has 1 fully saturated rings. The van der Waals surface area contributed by atoms with Crippen LogP contribution < -0.4 is 11.1 Å². The Morgan fingerprint density at radius 3 is 3.20 bits per heavy atom. The fourth-order valence-electron chi connectivity index (χ4n) is 1.46. The first-order chi connectivity index (χ1) is 7.26. The van der Waals surface area contributed by atoms with Crippen LogP contribution in [0.3, 0.4) is 0 Å². The van der Waals surface area contributed by atoms with Crippen molar-refractivity contribution >= 4 is 5.91 Å². The molecule has 0 aromatic carbocycles. The van der Waals surface area contributed by atoms with Gasteiger partial charge in [0.15, 0.2) is 0 Å². The first-order valence-electron chi connectivity index (χ1n) is 4.94. The van der Waals surface area contributed by atoms with E-state index in [0.717, 1.165) is 6.54 Å². The number of nitrogens with one attached hydrogen (secondary N) is 1. The lowest BCUT2D eigenvalue weighted by Crippen LogP contribution is -2.49. The summed E-state index contributed by atoms with van der Waals surface area (Å²) >= 11 is 0. The lowest BCUT2D eigenvalue weighted by Gasteiger charge is -2.31. The van der Waals surface area contributed by atoms with Crippen LogP contribution in [-0.4, -0.2) is 56.2 Å². The van der Waals surface area contributed by atoms with Crippen LogP contribution in [-0.2, 0) is 9.53 Å². The van der Waals surface area contributed by atoms with E-state index in [1.54, 1.807) is 0 Å². The van der Waals surface area contributed by atoms with Crippen molar-refractivity contribution in [2.24, 2.45) is 5.73 Å². The third-order valence-electron chi connectivity index (χ3n) is 2.22. The molecular weight excluding hydrogens is 196 g/mol. The van der Waals surface area contributed by atoms with Crippen LogP contribution in [0.25, 0.3) is 0 Å². The van der Waals surface area contributed by atoms with Crippen molar-refractivity contribution in [3.63, 3.8) is 0 Å². The molecule has 1 heterocycles. The molecule has 3 N–H and O–H groups in total. The summed E-state index contributed by atoms with van der Waals surface area (Å²) in [5.74, 6) is -0.130. The highest BCUT2D eigenvalue weighted by atomic mass is 16.5. The maximum absolute atomic E-state index is 11.3. The van der Waals surface area contributed by atoms with Crippen LogP contribution in [0.4, 0.5) is 0 Å². The molecule has 6 heteroatoms. The lowest BCUT2D eigenvalue weighted by molar-refractivity contribution is -0.123. The zero-order chi connectivity index (χ0) is 11.1. The lowest BCUT2D eigenvalue weighted by atomic mass is 10.2. The molecular formula is C9H16N4O2. The summed E-state index contributed by atoms with van der Waals surface area (Å²) in [7, 11) is 0. The molecule has 0 saturated carbocycles. The van der Waals surface area contributed by atoms with Crippen molar-refractivity contribution in [2.45, 2.75) is 6.10 Å². The van der Waals surface area contributed by atoms with Crippen molar-refractivity contribution in [2.75, 3.05) is 39.3 Å². The third-order valence-corrected chi connectivity index (χ3v) is 2.22. The Bertz CT molecular complexity index is 251. The highest BCUT2D eigenvalue weighted by molar-refractivity contribution is 5.78. The largest absolute Gasteiger partial charge is 0.374 e. The molecule has 1 atom stereocenters. The summed E-state index contributed by atoms with van der Waals surface area (Å²) in [6.45, 7) is 2.85. The second-order valence-corrected chi connectivity index (χ2v) is 3.40. The fraction of sp³-hybridized carbons (Fsp3) is 0.778. The minimum atomic E-state index is -0.130. The average molecular weight is 212 g/mol. The van der Waals surface area contributed by atoms with Gasteiger partial charge in [-0.1, -0.05) is 0 Å². The zero-order valence-corrected chi connectivity index (χ0v) is 8.61. The van der Waals surface area contributed by atoms with Crippen LogP contribution in [0.2, 0.25) is 0 Å². The molecule has 1 rings (SSSR count). The number of carbonyl (C=O) groups excluding carboxylic acids is 1. The van der Waals surface area contributed by atoms with Gasteiger partial charge in [0.2, 0.25) is 5.91 Å². The number of nitrogens with zero attached hydrogens (tertiary/aromatic N) is 2. The van der Waals surface area contributed by atoms with Gasteiger partial charge in [0.25, 0.3) is 0 Å². The monoisotopic (exact) mass is 212 g/mol. The Kier molecular flexibility index (Phi) is 5.04. The van der Waals surface area contributed by atoms with Crippen molar-refractivity contribution in [1.29, 1.82) is 5.26 Å². The van der Waals surface area contributed by atoms with Gasteiger partial charge in [0.1, 0.15) is 6.54 Å². The van der Waals surface area contributed by atoms with Gasteiger partial charge in [-0.15, -0.1) is 0 Å². The second kappa shape index (κ2) is 6.35. The summed E-state index contributed by atoms with van der Waals surface area (Å²) < 4.78 is 5.37. The molecule has 0 aromatic rings. The highest BCUT2D eigenvalue weighted by Gasteiger charge is 2.20. The first kappa shape index (κ1) is 11.9. The number of hydrogen-bond acceptors (Lipinski definition) is 5. The van der Waals surface area contributed by atoms with E-state index < -0.39 is 0 Å². The van der Waals surface area contributed by atoms with Gasteiger partial charge in [0.05, 0.1) is 25.3 Å². The molecule has 1 saturated heterocycles. The van der Waals surface area contributed by atoms with Crippen LogP contribution in [0.15, 0.2) is 0 Å². The molecule has 1 amide bonds. The SMILES string of the molecule is N#CCNC(=O)CN1CCOC(CN)C1. The van der Waals surface area contributed by atoms with Crippen molar-refractivity contribution in [1.82, 2.24) is 10.2 Å². The number of ether oxygens (including phenoxy) is 1. The summed E-state index contributed by atoms with van der Waals surface area (Å²) in [6, 6.07) is 1.86. The van der Waals surface area contributed by atoms with E-state index >= 15 is 0 Å². The van der Waals surface area contributed by atoms with Crippen molar-refractivity contribution in [3.05, 3.63) is 0 Å². The van der Waals surface area contributed by atoms with Crippen LogP contribution >= 0.6 is 0 Å². The standard InChI is InChI=1S/C9H16N4O2/c10-1-2-12-9(14)7-13-3-4-15-8(5-11)6-13/h8H,2-7,11H2,(H,12,14). The Hall–Kier alpha value is -1.16. The average Bonchev–Trinajstić information content (AvgIpc) is 2.26. The quantitative estimate of drug-likeness (QED) is 0.541. The Morgan fingerprint density at radius 1 is 1.73 bits per heavy atom. The topological polar surface area (TPSA) is 91.4 Å². The molecule has 0 radical (unpaired) electrons. The third kappa shape index (κ3) is 4.25. The van der Waals surface area contributed by atoms with Crippen molar-refractivity contribution in [3.8, 4) is 6.07 Å². The van der Waals surface area contributed by atoms with E-state index in [0.29, 0.717) is 26.2 Å². The molecule has 1 aliphatic heterocycles. The summed E-state index contributed by atoms with van der Waals surface area (Å²) in [5, 5.41) is 10.8. The van der Waals surface area contributed by atoms with Gasteiger partial charge in [-0.2, -0.15) is 5.26 Å². The predicted octanol–water partition coefficient (Wildman–Crippen LogP) is -1.71. The Morgan fingerprint density at radius 2 is 2.53 bits per heavy atom. The molecule has 15 heavy (non-hydrogen) atoms. The first-order valence-corrected chi connectivity index (χ1v) is 4.94. The summed E-state index contributed by atoms with van der Waals surface area (Å²) in [6.07, 6.45) is 0.0162. The van der Waals surface area contributed by atoms with Gasteiger partial charge in [0, 0.05) is 19.6 Å². The van der Waals surface area contributed by atoms with E-state index in [1.807, 2.05) is 11.0 Å². The molecule has 0 bridgehead atoms. The van der Waals surface area contributed by atoms with Gasteiger partial charge < -0.3 is 15.8 Å². The number of carbonyl (C=O) groups is 1. The van der Waals surface area contributed by atoms with Gasteiger partial charge in [-0.05, 0) is 0 Å². The van der Waals surface area contributed by atoms with Gasteiger partial charge in [-0.25, -0.2) is 0 Å². The number of morpholine rings is 1. The molecule has 0 spiro atoms. The molecule has 1 unspecified atom stereocenters. The minimum Gasteiger partial charge on any atom is -0.374 e. The second-order valence-electron chi connectivity index (χ2n) is 3.40. The molecule has 84 valence electrons. The molecule has 6 nitrogen and oxygen atoms in total. The maximum Gasteiger partial charge on any atom is 0.235 e. The van der Waals surface area contributed by atoms with Gasteiger partial charge >= 0.3 is 0 Å². The highest BCUT2D eigenvalue weighted by Crippen LogP contribution is 2.02. The number of rotatable bonds is 4. The molecule has 1 aliphatic rings. The number of nitriles is 1. The van der Waals surface area contributed by atoms with E-state index in [9.17, 15) is 4.79 Å². The van der Waals surface area contributed by atoms with Crippen LogP contribution in [0, 0.1) is 11.3 Å².